The van der Waals surface area contributed by atoms with Crippen molar-refractivity contribution in [2.75, 3.05) is 32.2 Å². The van der Waals surface area contributed by atoms with E-state index in [-0.39, 0.29) is 11.8 Å². The highest BCUT2D eigenvalue weighted by atomic mass is 16.5. The second-order valence-electron chi connectivity index (χ2n) is 6.10. The van der Waals surface area contributed by atoms with Gasteiger partial charge in [-0.3, -0.25) is 9.59 Å². The predicted molar refractivity (Wildman–Crippen MR) is 98.8 cm³/mol. The summed E-state index contributed by atoms with van der Waals surface area (Å²) >= 11 is 0. The van der Waals surface area contributed by atoms with E-state index in [1.165, 1.54) is 0 Å². The molecule has 0 radical (unpaired) electrons. The molecule has 0 unspecified atom stereocenters. The number of carbonyl (C=O) groups is 2. The van der Waals surface area contributed by atoms with E-state index in [0.717, 1.165) is 0 Å². The topological polar surface area (TPSA) is 59.1 Å². The standard InChI is InChI=1S/C20H22N2O4/c1-14-19(23)22(16-11-17(25-2)13-18(12-16)26-3)10-9-21(14)20(24)15-7-5-4-6-8-15/h4-8,11-14H,9-10H2,1-3H3/t14-/m0/s1. The number of hydrogen-bond acceptors (Lipinski definition) is 4. The van der Waals surface area contributed by atoms with Crippen LogP contribution in [-0.4, -0.2) is 50.1 Å². The Kier molecular flexibility index (Phi) is 5.11. The molecule has 1 aliphatic heterocycles. The predicted octanol–water partition coefficient (Wildman–Crippen LogP) is 2.58. The molecule has 6 heteroatoms. The second-order valence-corrected chi connectivity index (χ2v) is 6.10. The number of hydrogen-bond donors (Lipinski definition) is 0. The summed E-state index contributed by atoms with van der Waals surface area (Å²) in [5, 5.41) is 0. The molecule has 1 aliphatic rings. The van der Waals surface area contributed by atoms with Crippen molar-refractivity contribution in [2.45, 2.75) is 13.0 Å². The number of rotatable bonds is 4. The molecule has 6 nitrogen and oxygen atoms in total. The molecule has 0 saturated carbocycles. The average Bonchev–Trinajstić information content (AvgIpc) is 2.69. The zero-order chi connectivity index (χ0) is 18.7. The van der Waals surface area contributed by atoms with E-state index in [9.17, 15) is 9.59 Å². The molecule has 1 saturated heterocycles. The number of carbonyl (C=O) groups excluding carboxylic acids is 2. The number of ether oxygens (including phenoxy) is 2. The Hall–Kier alpha value is -3.02. The van der Waals surface area contributed by atoms with Crippen molar-refractivity contribution in [1.82, 2.24) is 4.90 Å². The van der Waals surface area contributed by atoms with Gasteiger partial charge >= 0.3 is 0 Å². The van der Waals surface area contributed by atoms with Gasteiger partial charge in [-0.1, -0.05) is 18.2 Å². The molecular weight excluding hydrogens is 332 g/mol. The Balaban J connectivity index is 1.83. The van der Waals surface area contributed by atoms with Crippen LogP contribution >= 0.6 is 0 Å². The number of nitrogens with zero attached hydrogens (tertiary/aromatic N) is 2. The molecule has 0 aliphatic carbocycles. The fourth-order valence-corrected chi connectivity index (χ4v) is 3.10. The summed E-state index contributed by atoms with van der Waals surface area (Å²) in [5.41, 5.74) is 1.29. The highest BCUT2D eigenvalue weighted by Crippen LogP contribution is 2.30. The van der Waals surface area contributed by atoms with Crippen LogP contribution in [0.2, 0.25) is 0 Å². The van der Waals surface area contributed by atoms with Crippen molar-refractivity contribution in [3.8, 4) is 11.5 Å². The summed E-state index contributed by atoms with van der Waals surface area (Å²) in [6.45, 7) is 2.63. The fourth-order valence-electron chi connectivity index (χ4n) is 3.10. The van der Waals surface area contributed by atoms with Crippen LogP contribution in [0.25, 0.3) is 0 Å². The van der Waals surface area contributed by atoms with Crippen LogP contribution < -0.4 is 14.4 Å². The number of benzene rings is 2. The van der Waals surface area contributed by atoms with E-state index in [2.05, 4.69) is 0 Å². The molecule has 136 valence electrons. The minimum absolute atomic E-state index is 0.129. The van der Waals surface area contributed by atoms with E-state index in [1.54, 1.807) is 61.3 Å². The first kappa shape index (κ1) is 17.8. The molecule has 0 aromatic heterocycles. The molecule has 0 spiro atoms. The molecule has 0 bridgehead atoms. The minimum Gasteiger partial charge on any atom is -0.497 e. The van der Waals surface area contributed by atoms with E-state index in [0.29, 0.717) is 35.8 Å². The van der Waals surface area contributed by atoms with Crippen molar-refractivity contribution in [3.63, 3.8) is 0 Å². The van der Waals surface area contributed by atoms with E-state index < -0.39 is 6.04 Å². The normalized spacial score (nSPS) is 17.2. The van der Waals surface area contributed by atoms with Crippen LogP contribution in [0.15, 0.2) is 48.5 Å². The molecule has 1 heterocycles. The first-order chi connectivity index (χ1) is 12.5. The van der Waals surface area contributed by atoms with Gasteiger partial charge in [-0.2, -0.15) is 0 Å². The zero-order valence-electron chi connectivity index (χ0n) is 15.1. The van der Waals surface area contributed by atoms with E-state index >= 15 is 0 Å². The van der Waals surface area contributed by atoms with Crippen molar-refractivity contribution >= 4 is 17.5 Å². The van der Waals surface area contributed by atoms with Crippen LogP contribution in [0.1, 0.15) is 17.3 Å². The number of amides is 2. The lowest BCUT2D eigenvalue weighted by molar-refractivity contribution is -0.124. The van der Waals surface area contributed by atoms with Gasteiger partial charge in [0, 0.05) is 36.9 Å². The summed E-state index contributed by atoms with van der Waals surface area (Å²) < 4.78 is 10.6. The van der Waals surface area contributed by atoms with Crippen LogP contribution in [0, 0.1) is 0 Å². The molecule has 3 rings (SSSR count). The molecule has 2 aromatic rings. The van der Waals surface area contributed by atoms with Crippen molar-refractivity contribution < 1.29 is 19.1 Å². The fraction of sp³-hybridized carbons (Fsp3) is 0.300. The van der Waals surface area contributed by atoms with Gasteiger partial charge in [0.15, 0.2) is 0 Å². The van der Waals surface area contributed by atoms with Crippen molar-refractivity contribution in [3.05, 3.63) is 54.1 Å². The molecular formula is C20H22N2O4. The van der Waals surface area contributed by atoms with Gasteiger partial charge in [0.1, 0.15) is 17.5 Å². The first-order valence-corrected chi connectivity index (χ1v) is 8.45. The molecule has 26 heavy (non-hydrogen) atoms. The van der Waals surface area contributed by atoms with Gasteiger partial charge in [-0.15, -0.1) is 0 Å². The van der Waals surface area contributed by atoms with Gasteiger partial charge in [0.2, 0.25) is 5.91 Å². The van der Waals surface area contributed by atoms with Gasteiger partial charge in [0.25, 0.3) is 5.91 Å². The third-order valence-corrected chi connectivity index (χ3v) is 4.58. The quantitative estimate of drug-likeness (QED) is 0.847. The van der Waals surface area contributed by atoms with Gasteiger partial charge in [-0.05, 0) is 19.1 Å². The van der Waals surface area contributed by atoms with Crippen LogP contribution in [0.4, 0.5) is 5.69 Å². The molecule has 1 fully saturated rings. The third-order valence-electron chi connectivity index (χ3n) is 4.58. The lowest BCUT2D eigenvalue weighted by Crippen LogP contribution is -2.57. The van der Waals surface area contributed by atoms with Gasteiger partial charge < -0.3 is 19.3 Å². The van der Waals surface area contributed by atoms with Crippen LogP contribution in [0.3, 0.4) is 0 Å². The molecule has 2 amide bonds. The van der Waals surface area contributed by atoms with Crippen molar-refractivity contribution in [2.24, 2.45) is 0 Å². The van der Waals surface area contributed by atoms with Gasteiger partial charge in [-0.25, -0.2) is 0 Å². The summed E-state index contributed by atoms with van der Waals surface area (Å²) in [6.07, 6.45) is 0. The lowest BCUT2D eigenvalue weighted by atomic mass is 10.1. The summed E-state index contributed by atoms with van der Waals surface area (Å²) in [4.78, 5) is 28.9. The van der Waals surface area contributed by atoms with E-state index in [1.807, 2.05) is 18.2 Å². The Labute approximate surface area is 152 Å². The second kappa shape index (κ2) is 7.47. The van der Waals surface area contributed by atoms with Crippen LogP contribution in [0.5, 0.6) is 11.5 Å². The number of methoxy groups -OCH3 is 2. The minimum atomic E-state index is -0.548. The largest absolute Gasteiger partial charge is 0.497 e. The SMILES string of the molecule is COc1cc(OC)cc(N2CCN(C(=O)c3ccccc3)[C@@H](C)C2=O)c1. The highest BCUT2D eigenvalue weighted by Gasteiger charge is 2.35. The Morgan fingerprint density at radius 3 is 2.19 bits per heavy atom. The third kappa shape index (κ3) is 3.35. The molecule has 2 aromatic carbocycles. The number of anilines is 1. The maximum atomic E-state index is 12.9. The van der Waals surface area contributed by atoms with Gasteiger partial charge in [0.05, 0.1) is 19.9 Å². The average molecular weight is 354 g/mol. The van der Waals surface area contributed by atoms with E-state index in [4.69, 9.17) is 9.47 Å². The summed E-state index contributed by atoms with van der Waals surface area (Å²) in [6, 6.07) is 13.8. The lowest BCUT2D eigenvalue weighted by Gasteiger charge is -2.39. The van der Waals surface area contributed by atoms with Crippen LogP contribution in [-0.2, 0) is 4.79 Å². The first-order valence-electron chi connectivity index (χ1n) is 8.45. The molecule has 0 N–H and O–H groups in total. The monoisotopic (exact) mass is 354 g/mol. The smallest absolute Gasteiger partial charge is 0.254 e. The Bertz CT molecular complexity index is 784. The molecule has 1 atom stereocenters. The van der Waals surface area contributed by atoms with Crippen molar-refractivity contribution in [1.29, 1.82) is 0 Å². The summed E-state index contributed by atoms with van der Waals surface area (Å²) in [7, 11) is 3.14. The Morgan fingerprint density at radius 2 is 1.62 bits per heavy atom. The maximum absolute atomic E-state index is 12.9. The Morgan fingerprint density at radius 1 is 1.00 bits per heavy atom. The number of piperazine rings is 1. The maximum Gasteiger partial charge on any atom is 0.254 e. The zero-order valence-corrected chi connectivity index (χ0v) is 15.1. The highest BCUT2D eigenvalue weighted by molar-refractivity contribution is 6.03. The summed E-state index contributed by atoms with van der Waals surface area (Å²) in [5.74, 6) is 0.968.